The maximum atomic E-state index is 12.2. The molecule has 0 bridgehead atoms. The van der Waals surface area contributed by atoms with Gasteiger partial charge in [0.2, 0.25) is 0 Å². The van der Waals surface area contributed by atoms with Gasteiger partial charge in [-0.2, -0.15) is 0 Å². The fourth-order valence-electron chi connectivity index (χ4n) is 2.55. The number of para-hydroxylation sites is 1. The molecule has 0 saturated carbocycles. The second-order valence-corrected chi connectivity index (χ2v) is 6.22. The monoisotopic (exact) mass is 369 g/mol. The number of hydrogen-bond donors (Lipinski definition) is 0. The second kappa shape index (κ2) is 11.7. The van der Waals surface area contributed by atoms with Crippen LogP contribution >= 0.6 is 0 Å². The quantitative estimate of drug-likeness (QED) is 0.420. The van der Waals surface area contributed by atoms with Crippen molar-refractivity contribution in [1.29, 1.82) is 0 Å². The summed E-state index contributed by atoms with van der Waals surface area (Å²) in [6.07, 6.45) is 3.23. The Hall–Kier alpha value is -2.82. The van der Waals surface area contributed by atoms with Crippen LogP contribution in [-0.2, 0) is 16.0 Å². The van der Waals surface area contributed by atoms with Crippen molar-refractivity contribution in [3.8, 4) is 11.5 Å². The zero-order valence-electron chi connectivity index (χ0n) is 15.8. The minimum Gasteiger partial charge on any atom is -0.457 e. The van der Waals surface area contributed by atoms with E-state index in [1.807, 2.05) is 61.5 Å². The number of rotatable bonds is 11. The summed E-state index contributed by atoms with van der Waals surface area (Å²) in [5, 5.41) is 0. The standard InChI is InChI=1S/C22H27NO4/c1-2-3-17-26-22(25)23(14-8-16-24)15-13-19-9-7-12-21(18-19)27-20-10-5-4-6-11-20/h4-7,9-12,16,18H,2-3,8,13-15,17H2,1H3. The predicted molar refractivity (Wildman–Crippen MR) is 105 cm³/mol. The average Bonchev–Trinajstić information content (AvgIpc) is 2.69. The van der Waals surface area contributed by atoms with Crippen molar-refractivity contribution >= 4 is 12.4 Å². The third-order valence-electron chi connectivity index (χ3n) is 4.05. The molecular weight excluding hydrogens is 342 g/mol. The van der Waals surface area contributed by atoms with E-state index >= 15 is 0 Å². The number of hydrogen-bond acceptors (Lipinski definition) is 4. The molecule has 2 rings (SSSR count). The average molecular weight is 369 g/mol. The maximum absolute atomic E-state index is 12.2. The van der Waals surface area contributed by atoms with Crippen LogP contribution in [0.25, 0.3) is 0 Å². The van der Waals surface area contributed by atoms with Gasteiger partial charge < -0.3 is 19.2 Å². The lowest BCUT2D eigenvalue weighted by molar-refractivity contribution is -0.108. The summed E-state index contributed by atoms with van der Waals surface area (Å²) in [6.45, 7) is 3.32. The molecule has 2 aromatic carbocycles. The molecule has 0 heterocycles. The Bertz CT molecular complexity index is 702. The number of carbonyl (C=O) groups is 2. The normalized spacial score (nSPS) is 10.3. The van der Waals surface area contributed by atoms with Crippen LogP contribution in [0.2, 0.25) is 0 Å². The van der Waals surface area contributed by atoms with Crippen LogP contribution in [0, 0.1) is 0 Å². The zero-order chi connectivity index (χ0) is 19.3. The summed E-state index contributed by atoms with van der Waals surface area (Å²) >= 11 is 0. The minimum atomic E-state index is -0.359. The Balaban J connectivity index is 1.93. The first-order chi connectivity index (χ1) is 13.2. The molecule has 1 amide bonds. The highest BCUT2D eigenvalue weighted by Crippen LogP contribution is 2.22. The van der Waals surface area contributed by atoms with E-state index in [4.69, 9.17) is 9.47 Å². The zero-order valence-corrected chi connectivity index (χ0v) is 15.8. The van der Waals surface area contributed by atoms with E-state index < -0.39 is 0 Å². The Labute approximate surface area is 160 Å². The van der Waals surface area contributed by atoms with E-state index in [1.54, 1.807) is 4.90 Å². The van der Waals surface area contributed by atoms with Crippen molar-refractivity contribution in [2.45, 2.75) is 32.6 Å². The van der Waals surface area contributed by atoms with Gasteiger partial charge in [-0.1, -0.05) is 43.7 Å². The second-order valence-electron chi connectivity index (χ2n) is 6.22. The molecule has 0 unspecified atom stereocenters. The molecule has 0 N–H and O–H groups in total. The first kappa shape index (κ1) is 20.5. The minimum absolute atomic E-state index is 0.306. The number of nitrogens with zero attached hydrogens (tertiary/aromatic N) is 1. The summed E-state index contributed by atoms with van der Waals surface area (Å²) in [7, 11) is 0. The van der Waals surface area contributed by atoms with Crippen molar-refractivity contribution in [1.82, 2.24) is 4.90 Å². The molecule has 0 aliphatic heterocycles. The highest BCUT2D eigenvalue weighted by Gasteiger charge is 2.14. The molecule has 2 aromatic rings. The smallest absolute Gasteiger partial charge is 0.409 e. The number of amides is 1. The molecule has 0 spiro atoms. The Morgan fingerprint density at radius 2 is 1.81 bits per heavy atom. The summed E-state index contributed by atoms with van der Waals surface area (Å²) in [4.78, 5) is 24.5. The van der Waals surface area contributed by atoms with Gasteiger partial charge in [0.1, 0.15) is 17.8 Å². The van der Waals surface area contributed by atoms with Crippen molar-refractivity contribution in [3.63, 3.8) is 0 Å². The van der Waals surface area contributed by atoms with E-state index in [0.29, 0.717) is 32.5 Å². The molecule has 0 aliphatic rings. The van der Waals surface area contributed by atoms with Crippen molar-refractivity contribution in [2.24, 2.45) is 0 Å². The number of unbranched alkanes of at least 4 members (excludes halogenated alkanes) is 1. The summed E-state index contributed by atoms with van der Waals surface area (Å²) in [5.41, 5.74) is 1.06. The topological polar surface area (TPSA) is 55.8 Å². The van der Waals surface area contributed by atoms with Crippen molar-refractivity contribution in [3.05, 3.63) is 60.2 Å². The predicted octanol–water partition coefficient (Wildman–Crippen LogP) is 4.85. The van der Waals surface area contributed by atoms with Crippen LogP contribution < -0.4 is 4.74 Å². The summed E-state index contributed by atoms with van der Waals surface area (Å²) in [6, 6.07) is 17.4. The largest absolute Gasteiger partial charge is 0.457 e. The summed E-state index contributed by atoms with van der Waals surface area (Å²) < 4.78 is 11.1. The van der Waals surface area contributed by atoms with Crippen LogP contribution in [0.15, 0.2) is 54.6 Å². The number of carbonyl (C=O) groups excluding carboxylic acids is 2. The molecule has 27 heavy (non-hydrogen) atoms. The van der Waals surface area contributed by atoms with E-state index in [0.717, 1.165) is 36.2 Å². The Kier molecular flexibility index (Phi) is 8.90. The van der Waals surface area contributed by atoms with Crippen LogP contribution in [0.1, 0.15) is 31.7 Å². The molecular formula is C22H27NO4. The van der Waals surface area contributed by atoms with Gasteiger partial charge in [0, 0.05) is 19.5 Å². The van der Waals surface area contributed by atoms with E-state index in [-0.39, 0.29) is 6.09 Å². The lowest BCUT2D eigenvalue weighted by Gasteiger charge is -2.21. The number of aldehydes is 1. The van der Waals surface area contributed by atoms with Crippen LogP contribution in [0.3, 0.4) is 0 Å². The van der Waals surface area contributed by atoms with Crippen LogP contribution in [-0.4, -0.2) is 37.0 Å². The molecule has 0 atom stereocenters. The van der Waals surface area contributed by atoms with Crippen LogP contribution in [0.5, 0.6) is 11.5 Å². The molecule has 0 saturated heterocycles. The molecule has 5 nitrogen and oxygen atoms in total. The molecule has 0 aliphatic carbocycles. The van der Waals surface area contributed by atoms with Gasteiger partial charge in [-0.05, 0) is 42.7 Å². The van der Waals surface area contributed by atoms with Gasteiger partial charge in [0.15, 0.2) is 0 Å². The molecule has 0 fully saturated rings. The summed E-state index contributed by atoms with van der Waals surface area (Å²) in [5.74, 6) is 1.53. The first-order valence-electron chi connectivity index (χ1n) is 9.40. The number of ether oxygens (including phenoxy) is 2. The van der Waals surface area contributed by atoms with Gasteiger partial charge in [-0.3, -0.25) is 0 Å². The van der Waals surface area contributed by atoms with Crippen molar-refractivity contribution in [2.75, 3.05) is 19.7 Å². The molecule has 0 aromatic heterocycles. The first-order valence-corrected chi connectivity index (χ1v) is 9.40. The van der Waals surface area contributed by atoms with E-state index in [1.165, 1.54) is 0 Å². The maximum Gasteiger partial charge on any atom is 0.409 e. The Morgan fingerprint density at radius 3 is 2.56 bits per heavy atom. The molecule has 144 valence electrons. The SMILES string of the molecule is CCCCOC(=O)N(CCC=O)CCc1cccc(Oc2ccccc2)c1. The highest BCUT2D eigenvalue weighted by molar-refractivity contribution is 5.68. The Morgan fingerprint density at radius 1 is 1.04 bits per heavy atom. The van der Waals surface area contributed by atoms with Gasteiger partial charge in [-0.15, -0.1) is 0 Å². The number of benzene rings is 2. The fourth-order valence-corrected chi connectivity index (χ4v) is 2.55. The van der Waals surface area contributed by atoms with E-state index in [2.05, 4.69) is 0 Å². The molecule has 0 radical (unpaired) electrons. The third-order valence-corrected chi connectivity index (χ3v) is 4.05. The molecule has 5 heteroatoms. The van der Waals surface area contributed by atoms with Gasteiger partial charge in [-0.25, -0.2) is 4.79 Å². The van der Waals surface area contributed by atoms with Crippen molar-refractivity contribution < 1.29 is 19.1 Å². The van der Waals surface area contributed by atoms with Gasteiger partial charge in [0.05, 0.1) is 6.61 Å². The lowest BCUT2D eigenvalue weighted by Crippen LogP contribution is -2.34. The van der Waals surface area contributed by atoms with Gasteiger partial charge in [0.25, 0.3) is 0 Å². The van der Waals surface area contributed by atoms with E-state index in [9.17, 15) is 9.59 Å². The van der Waals surface area contributed by atoms with Crippen LogP contribution in [0.4, 0.5) is 4.79 Å². The lowest BCUT2D eigenvalue weighted by atomic mass is 10.1. The third kappa shape index (κ3) is 7.52. The highest BCUT2D eigenvalue weighted by atomic mass is 16.6. The fraction of sp³-hybridized carbons (Fsp3) is 0.364. The van der Waals surface area contributed by atoms with Gasteiger partial charge >= 0.3 is 6.09 Å².